The topological polar surface area (TPSA) is 56.5 Å². The molecule has 0 fully saturated rings. The zero-order chi connectivity index (χ0) is 16.6. The molecule has 0 radical (unpaired) electrons. The summed E-state index contributed by atoms with van der Waals surface area (Å²) in [6.07, 6.45) is 1.33. The van der Waals surface area contributed by atoms with Gasteiger partial charge in [-0.05, 0) is 24.3 Å². The first-order chi connectivity index (χ1) is 11.0. The first kappa shape index (κ1) is 15.6. The Morgan fingerprint density at radius 1 is 1.09 bits per heavy atom. The quantitative estimate of drug-likeness (QED) is 0.497. The van der Waals surface area contributed by atoms with Crippen molar-refractivity contribution in [2.75, 3.05) is 0 Å². The number of benzene rings is 2. The summed E-state index contributed by atoms with van der Waals surface area (Å²) in [4.78, 5) is 23.6. The van der Waals surface area contributed by atoms with E-state index < -0.39 is 5.97 Å². The fraction of sp³-hybridized carbons (Fsp3) is 0.0588. The lowest BCUT2D eigenvalue weighted by Gasteiger charge is -2.06. The third-order valence-electron chi connectivity index (χ3n) is 3.23. The predicted octanol–water partition coefficient (Wildman–Crippen LogP) is 4.69. The SMILES string of the molecule is CC(=O)Oc1ccc2c(=O)c(-c3ccc(Cl)cc3Cl)coc2c1. The number of halogens is 2. The molecular weight excluding hydrogens is 339 g/mol. The lowest BCUT2D eigenvalue weighted by Crippen LogP contribution is -2.06. The Hall–Kier alpha value is -2.30. The van der Waals surface area contributed by atoms with Crippen LogP contribution in [0.1, 0.15) is 6.92 Å². The third-order valence-corrected chi connectivity index (χ3v) is 3.78. The molecule has 0 N–H and O–H groups in total. The monoisotopic (exact) mass is 348 g/mol. The summed E-state index contributed by atoms with van der Waals surface area (Å²) in [5.74, 6) is -0.137. The molecule has 0 atom stereocenters. The molecule has 1 aromatic heterocycles. The van der Waals surface area contributed by atoms with Crippen molar-refractivity contribution in [2.45, 2.75) is 6.92 Å². The molecule has 3 rings (SSSR count). The predicted molar refractivity (Wildman–Crippen MR) is 89.2 cm³/mol. The van der Waals surface area contributed by atoms with Crippen molar-refractivity contribution in [1.29, 1.82) is 0 Å². The molecule has 0 bridgehead atoms. The van der Waals surface area contributed by atoms with Crippen LogP contribution in [-0.2, 0) is 4.79 Å². The molecule has 2 aromatic carbocycles. The highest BCUT2D eigenvalue weighted by Crippen LogP contribution is 2.30. The van der Waals surface area contributed by atoms with E-state index in [0.29, 0.717) is 37.9 Å². The molecular formula is C17H10Cl2O4. The molecule has 3 aromatic rings. The Balaban J connectivity index is 2.16. The number of esters is 1. The summed E-state index contributed by atoms with van der Waals surface area (Å²) in [5.41, 5.74) is 0.961. The smallest absolute Gasteiger partial charge is 0.308 e. The van der Waals surface area contributed by atoms with E-state index in [1.54, 1.807) is 24.3 Å². The van der Waals surface area contributed by atoms with Gasteiger partial charge in [-0.25, -0.2) is 0 Å². The van der Waals surface area contributed by atoms with Crippen molar-refractivity contribution in [3.8, 4) is 16.9 Å². The zero-order valence-electron chi connectivity index (χ0n) is 11.9. The van der Waals surface area contributed by atoms with Crippen LogP contribution in [-0.4, -0.2) is 5.97 Å². The van der Waals surface area contributed by atoms with Gasteiger partial charge >= 0.3 is 5.97 Å². The molecule has 0 aliphatic rings. The van der Waals surface area contributed by atoms with Gasteiger partial charge in [-0.3, -0.25) is 9.59 Å². The van der Waals surface area contributed by atoms with E-state index >= 15 is 0 Å². The maximum Gasteiger partial charge on any atom is 0.308 e. The molecule has 0 spiro atoms. The molecule has 0 aliphatic heterocycles. The largest absolute Gasteiger partial charge is 0.463 e. The van der Waals surface area contributed by atoms with E-state index in [-0.39, 0.29) is 5.43 Å². The lowest BCUT2D eigenvalue weighted by atomic mass is 10.1. The van der Waals surface area contributed by atoms with Crippen LogP contribution in [0.15, 0.2) is 51.9 Å². The third kappa shape index (κ3) is 3.09. The summed E-state index contributed by atoms with van der Waals surface area (Å²) in [7, 11) is 0. The number of carbonyl (C=O) groups is 1. The first-order valence-electron chi connectivity index (χ1n) is 6.65. The van der Waals surface area contributed by atoms with Gasteiger partial charge in [-0.2, -0.15) is 0 Å². The zero-order valence-corrected chi connectivity index (χ0v) is 13.4. The Morgan fingerprint density at radius 3 is 2.57 bits per heavy atom. The molecule has 116 valence electrons. The van der Waals surface area contributed by atoms with Crippen LogP contribution < -0.4 is 10.2 Å². The van der Waals surface area contributed by atoms with E-state index in [2.05, 4.69) is 0 Å². The second-order valence-corrected chi connectivity index (χ2v) is 5.70. The minimum Gasteiger partial charge on any atom is -0.463 e. The second-order valence-electron chi connectivity index (χ2n) is 4.85. The Labute approximate surface area is 141 Å². The van der Waals surface area contributed by atoms with Gasteiger partial charge in [-0.1, -0.05) is 29.3 Å². The highest BCUT2D eigenvalue weighted by molar-refractivity contribution is 6.36. The van der Waals surface area contributed by atoms with Crippen LogP contribution in [0.4, 0.5) is 0 Å². The molecule has 4 nitrogen and oxygen atoms in total. The van der Waals surface area contributed by atoms with Gasteiger partial charge in [0.25, 0.3) is 0 Å². The van der Waals surface area contributed by atoms with Crippen molar-refractivity contribution >= 4 is 40.1 Å². The van der Waals surface area contributed by atoms with Gasteiger partial charge in [0.15, 0.2) is 0 Å². The van der Waals surface area contributed by atoms with Gasteiger partial charge in [0.2, 0.25) is 5.43 Å². The van der Waals surface area contributed by atoms with Crippen LogP contribution in [0.2, 0.25) is 10.0 Å². The van der Waals surface area contributed by atoms with Crippen molar-refractivity contribution < 1.29 is 13.9 Å². The van der Waals surface area contributed by atoms with Crippen molar-refractivity contribution in [3.63, 3.8) is 0 Å². The van der Waals surface area contributed by atoms with Gasteiger partial charge in [0, 0.05) is 23.6 Å². The maximum atomic E-state index is 12.6. The number of carbonyl (C=O) groups excluding carboxylic acids is 1. The van der Waals surface area contributed by atoms with Crippen LogP contribution >= 0.6 is 23.2 Å². The van der Waals surface area contributed by atoms with E-state index in [1.807, 2.05) is 0 Å². The highest BCUT2D eigenvalue weighted by Gasteiger charge is 2.13. The van der Waals surface area contributed by atoms with Crippen LogP contribution in [0.5, 0.6) is 5.75 Å². The minimum atomic E-state index is -0.448. The minimum absolute atomic E-state index is 0.232. The lowest BCUT2D eigenvalue weighted by molar-refractivity contribution is -0.131. The molecule has 1 heterocycles. The molecule has 0 unspecified atom stereocenters. The fourth-order valence-corrected chi connectivity index (χ4v) is 2.74. The number of hydrogen-bond acceptors (Lipinski definition) is 4. The summed E-state index contributed by atoms with van der Waals surface area (Å²) < 4.78 is 10.5. The number of hydrogen-bond donors (Lipinski definition) is 0. The van der Waals surface area contributed by atoms with Crippen LogP contribution in [0, 0.1) is 0 Å². The van der Waals surface area contributed by atoms with Crippen molar-refractivity contribution in [1.82, 2.24) is 0 Å². The Bertz CT molecular complexity index is 976. The van der Waals surface area contributed by atoms with E-state index in [4.69, 9.17) is 32.4 Å². The summed E-state index contributed by atoms with van der Waals surface area (Å²) >= 11 is 12.0. The molecule has 0 aliphatic carbocycles. The number of rotatable bonds is 2. The summed E-state index contributed by atoms with van der Waals surface area (Å²) in [6, 6.07) is 9.45. The molecule has 23 heavy (non-hydrogen) atoms. The molecule has 6 heteroatoms. The standard InChI is InChI=1S/C17H10Cl2O4/c1-9(20)23-11-3-5-13-16(7-11)22-8-14(17(13)21)12-4-2-10(18)6-15(12)19/h2-8H,1H3. The van der Waals surface area contributed by atoms with E-state index in [1.165, 1.54) is 25.3 Å². The summed E-state index contributed by atoms with van der Waals surface area (Å²) in [6.45, 7) is 1.30. The van der Waals surface area contributed by atoms with Gasteiger partial charge in [0.05, 0.1) is 16.0 Å². The Morgan fingerprint density at radius 2 is 1.87 bits per heavy atom. The maximum absolute atomic E-state index is 12.6. The van der Waals surface area contributed by atoms with Crippen molar-refractivity contribution in [3.05, 3.63) is 62.9 Å². The fourth-order valence-electron chi connectivity index (χ4n) is 2.23. The average molecular weight is 349 g/mol. The second kappa shape index (κ2) is 6.07. The van der Waals surface area contributed by atoms with E-state index in [9.17, 15) is 9.59 Å². The first-order valence-corrected chi connectivity index (χ1v) is 7.40. The van der Waals surface area contributed by atoms with Crippen LogP contribution in [0.25, 0.3) is 22.1 Å². The molecule has 0 saturated heterocycles. The van der Waals surface area contributed by atoms with Crippen LogP contribution in [0.3, 0.4) is 0 Å². The van der Waals surface area contributed by atoms with Gasteiger partial charge < -0.3 is 9.15 Å². The number of ether oxygens (including phenoxy) is 1. The van der Waals surface area contributed by atoms with Gasteiger partial charge in [-0.15, -0.1) is 0 Å². The van der Waals surface area contributed by atoms with Gasteiger partial charge in [0.1, 0.15) is 17.6 Å². The Kier molecular flexibility index (Phi) is 4.11. The van der Waals surface area contributed by atoms with Crippen molar-refractivity contribution in [2.24, 2.45) is 0 Å². The highest BCUT2D eigenvalue weighted by atomic mass is 35.5. The normalized spacial score (nSPS) is 10.7. The average Bonchev–Trinajstić information content (AvgIpc) is 2.48. The van der Waals surface area contributed by atoms with E-state index in [0.717, 1.165) is 0 Å². The summed E-state index contributed by atoms with van der Waals surface area (Å²) in [5, 5.41) is 1.21. The molecule has 0 amide bonds. The molecule has 0 saturated carbocycles. The number of fused-ring (bicyclic) bond motifs is 1.